The standard InChI is InChI=1S/C9H12BrN3O3/c1-6(10)3-11-7(14)4-13-8(15)5-12(2)9(13)16/h1,3-5H2,2H3,(H,11,14). The van der Waals surface area contributed by atoms with Crippen molar-refractivity contribution in [1.82, 2.24) is 15.1 Å². The molecule has 0 spiro atoms. The molecular formula is C9H12BrN3O3. The Bertz CT molecular complexity index is 356. The molecule has 1 fully saturated rings. The third kappa shape index (κ3) is 3.06. The van der Waals surface area contributed by atoms with Gasteiger partial charge in [0.2, 0.25) is 5.91 Å². The van der Waals surface area contributed by atoms with Crippen LogP contribution in [0.25, 0.3) is 0 Å². The lowest BCUT2D eigenvalue weighted by Crippen LogP contribution is -2.41. The van der Waals surface area contributed by atoms with E-state index in [-0.39, 0.29) is 25.5 Å². The van der Waals surface area contributed by atoms with E-state index in [0.29, 0.717) is 4.48 Å². The molecule has 0 bridgehead atoms. The highest BCUT2D eigenvalue weighted by Gasteiger charge is 2.34. The molecule has 1 N–H and O–H groups in total. The van der Waals surface area contributed by atoms with E-state index >= 15 is 0 Å². The molecular weight excluding hydrogens is 278 g/mol. The van der Waals surface area contributed by atoms with Crippen molar-refractivity contribution in [3.8, 4) is 0 Å². The van der Waals surface area contributed by atoms with Crippen LogP contribution in [-0.4, -0.2) is 54.3 Å². The van der Waals surface area contributed by atoms with Gasteiger partial charge in [-0.05, 0) is 0 Å². The van der Waals surface area contributed by atoms with Gasteiger partial charge in [0.15, 0.2) is 0 Å². The molecule has 1 heterocycles. The molecule has 6 nitrogen and oxygen atoms in total. The molecule has 0 unspecified atom stereocenters. The summed E-state index contributed by atoms with van der Waals surface area (Å²) in [6.45, 7) is 3.59. The fourth-order valence-corrected chi connectivity index (χ4v) is 1.36. The van der Waals surface area contributed by atoms with Crippen molar-refractivity contribution in [1.29, 1.82) is 0 Å². The van der Waals surface area contributed by atoms with Gasteiger partial charge in [-0.2, -0.15) is 0 Å². The molecule has 1 aliphatic heterocycles. The average molecular weight is 290 g/mol. The molecule has 0 aliphatic carbocycles. The van der Waals surface area contributed by atoms with E-state index in [0.717, 1.165) is 4.90 Å². The summed E-state index contributed by atoms with van der Waals surface area (Å²) in [4.78, 5) is 36.3. The maximum Gasteiger partial charge on any atom is 0.327 e. The van der Waals surface area contributed by atoms with Crippen LogP contribution in [0.5, 0.6) is 0 Å². The van der Waals surface area contributed by atoms with Crippen LogP contribution in [0.4, 0.5) is 4.79 Å². The third-order valence-electron chi connectivity index (χ3n) is 2.01. The van der Waals surface area contributed by atoms with E-state index in [1.807, 2.05) is 0 Å². The minimum atomic E-state index is -0.446. The van der Waals surface area contributed by atoms with Crippen LogP contribution in [-0.2, 0) is 9.59 Å². The van der Waals surface area contributed by atoms with Gasteiger partial charge in [-0.25, -0.2) is 4.79 Å². The van der Waals surface area contributed by atoms with Gasteiger partial charge in [-0.15, -0.1) is 0 Å². The molecule has 1 aliphatic rings. The predicted octanol–water partition coefficient (Wildman–Crippen LogP) is -0.0948. The van der Waals surface area contributed by atoms with Gasteiger partial charge in [0.05, 0.1) is 0 Å². The molecule has 0 aromatic carbocycles. The van der Waals surface area contributed by atoms with Crippen molar-refractivity contribution < 1.29 is 14.4 Å². The van der Waals surface area contributed by atoms with Gasteiger partial charge < -0.3 is 10.2 Å². The van der Waals surface area contributed by atoms with Crippen LogP contribution < -0.4 is 5.32 Å². The number of hydrogen-bond acceptors (Lipinski definition) is 3. The van der Waals surface area contributed by atoms with Crippen LogP contribution in [0.15, 0.2) is 11.1 Å². The van der Waals surface area contributed by atoms with Crippen LogP contribution in [0.2, 0.25) is 0 Å². The lowest BCUT2D eigenvalue weighted by Gasteiger charge is -2.13. The van der Waals surface area contributed by atoms with Crippen molar-refractivity contribution in [3.05, 3.63) is 11.1 Å². The number of nitrogens with zero attached hydrogens (tertiary/aromatic N) is 2. The molecule has 1 rings (SSSR count). The molecule has 16 heavy (non-hydrogen) atoms. The Balaban J connectivity index is 2.48. The second-order valence-electron chi connectivity index (χ2n) is 3.41. The summed E-state index contributed by atoms with van der Waals surface area (Å²) in [6.07, 6.45) is 0. The first kappa shape index (κ1) is 12.7. The Morgan fingerprint density at radius 1 is 1.56 bits per heavy atom. The molecule has 1 saturated heterocycles. The van der Waals surface area contributed by atoms with Crippen molar-refractivity contribution in [2.45, 2.75) is 0 Å². The second-order valence-corrected chi connectivity index (χ2v) is 4.53. The molecule has 0 radical (unpaired) electrons. The number of likely N-dealkylation sites (N-methyl/N-ethyl adjacent to an activating group) is 1. The first-order chi connectivity index (χ1) is 7.41. The van der Waals surface area contributed by atoms with E-state index in [1.54, 1.807) is 0 Å². The summed E-state index contributed by atoms with van der Waals surface area (Å²) >= 11 is 3.08. The molecule has 0 saturated carbocycles. The van der Waals surface area contributed by atoms with Gasteiger partial charge >= 0.3 is 6.03 Å². The number of rotatable bonds is 4. The van der Waals surface area contributed by atoms with Gasteiger partial charge in [0.1, 0.15) is 13.1 Å². The Hall–Kier alpha value is -1.37. The Kier molecular flexibility index (Phi) is 4.05. The zero-order chi connectivity index (χ0) is 12.3. The van der Waals surface area contributed by atoms with Crippen LogP contribution in [0, 0.1) is 0 Å². The first-order valence-corrected chi connectivity index (χ1v) is 5.36. The lowest BCUT2D eigenvalue weighted by atomic mass is 10.4. The Morgan fingerprint density at radius 3 is 2.62 bits per heavy atom. The number of nitrogens with one attached hydrogen (secondary N) is 1. The maximum atomic E-state index is 11.4. The van der Waals surface area contributed by atoms with Gasteiger partial charge in [-0.1, -0.05) is 22.5 Å². The minimum Gasteiger partial charge on any atom is -0.350 e. The number of carbonyl (C=O) groups is 3. The predicted molar refractivity (Wildman–Crippen MR) is 60.8 cm³/mol. The number of urea groups is 1. The highest BCUT2D eigenvalue weighted by Crippen LogP contribution is 2.07. The van der Waals surface area contributed by atoms with Crippen LogP contribution in [0.1, 0.15) is 0 Å². The van der Waals surface area contributed by atoms with E-state index in [4.69, 9.17) is 0 Å². The van der Waals surface area contributed by atoms with E-state index in [2.05, 4.69) is 27.8 Å². The number of carbonyl (C=O) groups excluding carboxylic acids is 3. The third-order valence-corrected chi connectivity index (χ3v) is 2.29. The molecule has 0 atom stereocenters. The molecule has 4 amide bonds. The molecule has 0 aromatic rings. The van der Waals surface area contributed by atoms with Gasteiger partial charge in [0.25, 0.3) is 5.91 Å². The number of hydrogen-bond donors (Lipinski definition) is 1. The van der Waals surface area contributed by atoms with Gasteiger partial charge in [0, 0.05) is 18.1 Å². The first-order valence-electron chi connectivity index (χ1n) is 4.57. The van der Waals surface area contributed by atoms with E-state index in [1.165, 1.54) is 11.9 Å². The smallest absolute Gasteiger partial charge is 0.327 e. The molecule has 88 valence electrons. The summed E-state index contributed by atoms with van der Waals surface area (Å²) in [5, 5.41) is 2.51. The Morgan fingerprint density at radius 2 is 2.19 bits per heavy atom. The fraction of sp³-hybridized carbons (Fsp3) is 0.444. The normalized spacial score (nSPS) is 15.6. The monoisotopic (exact) mass is 289 g/mol. The van der Waals surface area contributed by atoms with Crippen molar-refractivity contribution in [2.75, 3.05) is 26.7 Å². The van der Waals surface area contributed by atoms with E-state index in [9.17, 15) is 14.4 Å². The average Bonchev–Trinajstić information content (AvgIpc) is 2.42. The van der Waals surface area contributed by atoms with Gasteiger partial charge in [-0.3, -0.25) is 14.5 Å². The SMILES string of the molecule is C=C(Br)CNC(=O)CN1C(=O)CN(C)C1=O. The summed E-state index contributed by atoms with van der Waals surface area (Å²) < 4.78 is 0.622. The quantitative estimate of drug-likeness (QED) is 0.735. The maximum absolute atomic E-state index is 11.4. The minimum absolute atomic E-state index is 0.0251. The van der Waals surface area contributed by atoms with Crippen molar-refractivity contribution in [2.24, 2.45) is 0 Å². The summed E-state index contributed by atoms with van der Waals surface area (Å²) in [7, 11) is 1.51. The number of halogens is 1. The summed E-state index contributed by atoms with van der Waals surface area (Å²) in [6, 6.07) is -0.446. The topological polar surface area (TPSA) is 69.7 Å². The number of imide groups is 1. The lowest BCUT2D eigenvalue weighted by molar-refractivity contribution is -0.130. The Labute approximate surface area is 101 Å². The van der Waals surface area contributed by atoms with Crippen molar-refractivity contribution in [3.63, 3.8) is 0 Å². The second kappa shape index (κ2) is 5.11. The fourth-order valence-electron chi connectivity index (χ4n) is 1.22. The highest BCUT2D eigenvalue weighted by molar-refractivity contribution is 9.11. The zero-order valence-electron chi connectivity index (χ0n) is 8.83. The summed E-state index contributed by atoms with van der Waals surface area (Å²) in [5.74, 6) is -0.752. The van der Waals surface area contributed by atoms with Crippen LogP contribution in [0.3, 0.4) is 0 Å². The molecule has 7 heteroatoms. The van der Waals surface area contributed by atoms with Crippen molar-refractivity contribution >= 4 is 33.8 Å². The van der Waals surface area contributed by atoms with E-state index < -0.39 is 11.9 Å². The molecule has 0 aromatic heterocycles. The number of amides is 4. The zero-order valence-corrected chi connectivity index (χ0v) is 10.4. The highest BCUT2D eigenvalue weighted by atomic mass is 79.9. The largest absolute Gasteiger partial charge is 0.350 e. The summed E-state index contributed by atoms with van der Waals surface area (Å²) in [5.41, 5.74) is 0. The van der Waals surface area contributed by atoms with Crippen LogP contribution >= 0.6 is 15.9 Å².